The van der Waals surface area contributed by atoms with Crippen molar-refractivity contribution in [3.63, 3.8) is 0 Å². The van der Waals surface area contributed by atoms with Crippen molar-refractivity contribution >= 4 is 89.4 Å². The fraction of sp³-hybridized carbons (Fsp3) is 0.0750. The molecule has 0 N–H and O–H groups in total. The summed E-state index contributed by atoms with van der Waals surface area (Å²) >= 11 is 0. The summed E-state index contributed by atoms with van der Waals surface area (Å²) in [6.45, 7) is 0. The molecule has 14 rings (SSSR count). The van der Waals surface area contributed by atoms with E-state index in [0.717, 1.165) is 16.8 Å². The Bertz CT molecular complexity index is 3840. The largest absolute Gasteiger partial charge is 1.00 e. The van der Waals surface area contributed by atoms with Crippen molar-refractivity contribution in [3.05, 3.63) is 346 Å². The van der Waals surface area contributed by atoms with Gasteiger partial charge in [0.1, 0.15) is 0 Å². The molecule has 2 atom stereocenters. The van der Waals surface area contributed by atoms with Gasteiger partial charge in [-0.1, -0.05) is 267 Å². The summed E-state index contributed by atoms with van der Waals surface area (Å²) in [6, 6.07) is 107. The Morgan fingerprint density at radius 2 is 0.686 bits per heavy atom. The van der Waals surface area contributed by atoms with Crippen LogP contribution in [0.4, 0.5) is 0 Å². The third kappa shape index (κ3) is 12.2. The Hall–Kier alpha value is -7.21. The van der Waals surface area contributed by atoms with Crippen LogP contribution in [-0.2, 0) is 44.8 Å². The number of unbranched alkanes of at least 4 members (excludes halogenated alkanes) is 1. The third-order valence-corrected chi connectivity index (χ3v) is 33.2. The molecule has 3 aliphatic rings. The third-order valence-electron chi connectivity index (χ3n) is 17.2. The van der Waals surface area contributed by atoms with E-state index < -0.39 is 32.0 Å². The Balaban J connectivity index is 0.000000142. The topological polar surface area (TPSA) is 0 Å². The molecular formula is C80H66Au2P2Si2+2. The van der Waals surface area contributed by atoms with Crippen LogP contribution in [0.15, 0.2) is 322 Å². The van der Waals surface area contributed by atoms with Crippen LogP contribution >= 0.6 is 15.8 Å². The number of hydrogen-bond donors (Lipinski definition) is 0. The molecule has 1 aliphatic carbocycles. The predicted molar refractivity (Wildman–Crippen MR) is 371 cm³/mol. The Morgan fingerprint density at radius 1 is 0.349 bits per heavy atom. The number of allylic oxidation sites excluding steroid dienone is 4. The zero-order valence-corrected chi connectivity index (χ0v) is 56.1. The van der Waals surface area contributed by atoms with E-state index in [0.29, 0.717) is 0 Å². The van der Waals surface area contributed by atoms with Crippen LogP contribution in [-0.4, -0.2) is 34.1 Å². The minimum atomic E-state index is -2.47. The van der Waals surface area contributed by atoms with E-state index in [1.807, 2.05) is 24.3 Å². The van der Waals surface area contributed by atoms with Crippen LogP contribution in [0.25, 0.3) is 22.3 Å². The van der Waals surface area contributed by atoms with Gasteiger partial charge < -0.3 is 12.8 Å². The minimum absolute atomic E-state index is 0. The molecule has 11 aromatic rings. The van der Waals surface area contributed by atoms with Crippen molar-refractivity contribution in [1.29, 1.82) is 0 Å². The molecule has 424 valence electrons. The van der Waals surface area contributed by atoms with E-state index in [1.54, 1.807) is 15.9 Å². The normalized spacial score (nSPS) is 14.2. The summed E-state index contributed by atoms with van der Waals surface area (Å²) in [7, 11) is -6.22. The average molecular weight is 1540 g/mol. The second kappa shape index (κ2) is 29.5. The summed E-state index contributed by atoms with van der Waals surface area (Å²) in [5, 5.41) is 15.5. The van der Waals surface area contributed by atoms with Crippen molar-refractivity contribution in [1.82, 2.24) is 0 Å². The molecule has 2 aliphatic heterocycles. The molecule has 2 heterocycles. The number of rotatable bonds is 13. The number of fused-ring (bicyclic) bond motifs is 6. The Morgan fingerprint density at radius 3 is 1.06 bits per heavy atom. The Kier molecular flexibility index (Phi) is 21.2. The van der Waals surface area contributed by atoms with E-state index in [9.17, 15) is 0 Å². The molecule has 0 amide bonds. The van der Waals surface area contributed by atoms with E-state index in [1.165, 1.54) is 95.3 Å². The van der Waals surface area contributed by atoms with Crippen LogP contribution in [0, 0.1) is 24.7 Å². The van der Waals surface area contributed by atoms with Gasteiger partial charge in [0, 0.05) is 14.3 Å². The summed E-state index contributed by atoms with van der Waals surface area (Å²) in [5.41, 5.74) is 7.64. The van der Waals surface area contributed by atoms with E-state index in [-0.39, 0.29) is 44.8 Å². The maximum atomic E-state index is 7.99. The SMILES string of the molecule is C1=CCC([PH+](CCCC[PH+](c2ccccc2)c2ccccc2)c2ccccc2)C=C1.[Au+].[Au+].[C-]#Cc1cccc2c1[Si](c1ccccc1)(c1ccccc1)c1ccccc1-2.[C-]#Cc1cccc2c1[Si](c1ccccc1)(c1ccccc1)c1ccccc1-2. The smallest absolute Gasteiger partial charge is 0.366 e. The van der Waals surface area contributed by atoms with Gasteiger partial charge >= 0.3 is 44.8 Å². The van der Waals surface area contributed by atoms with Crippen molar-refractivity contribution in [2.45, 2.75) is 24.9 Å². The van der Waals surface area contributed by atoms with Gasteiger partial charge in [-0.2, -0.15) is 0 Å². The van der Waals surface area contributed by atoms with Crippen molar-refractivity contribution < 1.29 is 44.8 Å². The van der Waals surface area contributed by atoms with Gasteiger partial charge in [-0.15, -0.1) is 33.6 Å². The predicted octanol–water partition coefficient (Wildman–Crippen LogP) is 12.0. The molecule has 0 bridgehead atoms. The van der Waals surface area contributed by atoms with Gasteiger partial charge in [-0.3, -0.25) is 11.8 Å². The molecule has 0 aromatic heterocycles. The van der Waals surface area contributed by atoms with Gasteiger partial charge in [-0.25, -0.2) is 0 Å². The fourth-order valence-corrected chi connectivity index (χ4v) is 30.1. The first-order valence-electron chi connectivity index (χ1n) is 29.4. The van der Waals surface area contributed by atoms with Crippen LogP contribution in [0.5, 0.6) is 0 Å². The van der Waals surface area contributed by atoms with Crippen LogP contribution < -0.4 is 57.4 Å². The minimum Gasteiger partial charge on any atom is -0.366 e. The number of hydrogen-bond acceptors (Lipinski definition) is 0. The maximum absolute atomic E-state index is 7.99. The van der Waals surface area contributed by atoms with Crippen molar-refractivity contribution in [3.8, 4) is 34.1 Å². The first-order chi connectivity index (χ1) is 41.7. The van der Waals surface area contributed by atoms with Gasteiger partial charge in [0.05, 0.1) is 41.8 Å². The quantitative estimate of drug-likeness (QED) is 0.0355. The Labute approximate surface area is 546 Å². The van der Waals surface area contributed by atoms with Gasteiger partial charge in [-0.05, 0) is 109 Å². The molecule has 86 heavy (non-hydrogen) atoms. The van der Waals surface area contributed by atoms with E-state index in [4.69, 9.17) is 12.8 Å². The monoisotopic (exact) mass is 1540 g/mol. The number of benzene rings is 11. The average Bonchev–Trinajstić information content (AvgIpc) is 1.57. The van der Waals surface area contributed by atoms with E-state index in [2.05, 4.69) is 309 Å². The summed E-state index contributed by atoms with van der Waals surface area (Å²) < 4.78 is 0. The second-order valence-electron chi connectivity index (χ2n) is 21.7. The van der Waals surface area contributed by atoms with Crippen LogP contribution in [0.1, 0.15) is 30.4 Å². The molecule has 0 spiro atoms. The molecule has 11 aromatic carbocycles. The zero-order valence-electron chi connectivity index (χ0n) is 47.8. The molecule has 0 radical (unpaired) electrons. The van der Waals surface area contributed by atoms with Gasteiger partial charge in [0.2, 0.25) is 0 Å². The molecular weight excluding hydrogens is 1470 g/mol. The second-order valence-corrected chi connectivity index (χ2v) is 34.6. The standard InChI is InChI=1S/C28H30P2.2C26H17Si.2Au/c1-5-15-25(16-6-1)29(26-17-7-2-8-18-26)23-13-14-24-30(27-19-9-3-10-20-27)28-21-11-4-12-22-28;2*1-2-20-12-11-18-24-23-17-9-10-19-25(23)27(26(20)24,21-13-5-3-6-14-21)22-15-7-4-8-16-22;;/h1-12,15-21,28H,13-14,22-24H2;2*3-19H;;/q;2*-1;2*+1/p+2. The summed E-state index contributed by atoms with van der Waals surface area (Å²) in [4.78, 5) is 0. The molecule has 0 nitrogen and oxygen atoms in total. The molecule has 0 saturated heterocycles. The van der Waals surface area contributed by atoms with Crippen molar-refractivity contribution in [2.75, 3.05) is 12.3 Å². The summed E-state index contributed by atoms with van der Waals surface area (Å²) in [6.07, 6.45) is 31.8. The molecule has 0 saturated carbocycles. The van der Waals surface area contributed by atoms with Crippen molar-refractivity contribution in [2.24, 2.45) is 0 Å². The molecule has 6 heteroatoms. The fourth-order valence-electron chi connectivity index (χ4n) is 13.6. The van der Waals surface area contributed by atoms with E-state index >= 15 is 0 Å². The summed E-state index contributed by atoms with van der Waals surface area (Å²) in [5.74, 6) is 5.48. The van der Waals surface area contributed by atoms with Gasteiger partial charge in [0.15, 0.2) is 16.1 Å². The van der Waals surface area contributed by atoms with Crippen LogP contribution in [0.2, 0.25) is 0 Å². The first kappa shape index (κ1) is 61.9. The first-order valence-corrected chi connectivity index (χ1v) is 36.9. The maximum Gasteiger partial charge on any atom is 1.00 e. The zero-order chi connectivity index (χ0) is 57.0. The van der Waals surface area contributed by atoms with Crippen LogP contribution in [0.3, 0.4) is 0 Å². The molecule has 2 unspecified atom stereocenters. The molecule has 0 fully saturated rings. The van der Waals surface area contributed by atoms with Gasteiger partial charge in [0.25, 0.3) is 0 Å².